The Morgan fingerprint density at radius 2 is 2.50 bits per heavy atom. The van der Waals surface area contributed by atoms with Crippen LogP contribution in [0.2, 0.25) is 5.02 Å². The van der Waals surface area contributed by atoms with Crippen LogP contribution in [0, 0.1) is 0 Å². The Balaban J connectivity index is 2.32. The lowest BCUT2D eigenvalue weighted by molar-refractivity contribution is -0.235. The van der Waals surface area contributed by atoms with Crippen LogP contribution in [0.15, 0.2) is 18.3 Å². The highest BCUT2D eigenvalue weighted by atomic mass is 35.5. The molecule has 0 amide bonds. The van der Waals surface area contributed by atoms with Gasteiger partial charge in [-0.3, -0.25) is 9.90 Å². The number of nitrogens with one attached hydrogen (secondary N) is 1. The third-order valence-corrected chi connectivity index (χ3v) is 2.88. The predicted molar refractivity (Wildman–Crippen MR) is 61.8 cm³/mol. The van der Waals surface area contributed by atoms with Gasteiger partial charge in [0.05, 0.1) is 11.1 Å². The molecule has 0 radical (unpaired) electrons. The molecule has 96 valence electrons. The molecule has 8 heteroatoms. The number of aldehydes is 1. The molecule has 2 rings (SSSR count). The SMILES string of the molecule is O=CC1CC(C(=O)OO)N(c2ncccc2Cl)N1. The molecule has 0 aliphatic carbocycles. The number of aromatic nitrogens is 1. The minimum Gasteiger partial charge on any atom is -0.302 e. The highest BCUT2D eigenvalue weighted by Crippen LogP contribution is 2.27. The van der Waals surface area contributed by atoms with Crippen LogP contribution < -0.4 is 10.4 Å². The molecule has 1 saturated heterocycles. The Morgan fingerprint density at radius 1 is 1.72 bits per heavy atom. The third-order valence-electron chi connectivity index (χ3n) is 2.59. The average molecular weight is 272 g/mol. The van der Waals surface area contributed by atoms with Crippen molar-refractivity contribution in [1.29, 1.82) is 0 Å². The van der Waals surface area contributed by atoms with Crippen LogP contribution in [0.4, 0.5) is 5.82 Å². The van der Waals surface area contributed by atoms with E-state index in [2.05, 4.69) is 15.3 Å². The minimum absolute atomic E-state index is 0.162. The van der Waals surface area contributed by atoms with Gasteiger partial charge in [-0.05, 0) is 12.1 Å². The van der Waals surface area contributed by atoms with Crippen molar-refractivity contribution in [1.82, 2.24) is 10.4 Å². The predicted octanol–water partition coefficient (Wildman–Crippen LogP) is 0.402. The summed E-state index contributed by atoms with van der Waals surface area (Å²) in [6.45, 7) is 0. The van der Waals surface area contributed by atoms with Crippen molar-refractivity contribution in [3.8, 4) is 0 Å². The summed E-state index contributed by atoms with van der Waals surface area (Å²) < 4.78 is 0. The van der Waals surface area contributed by atoms with Crippen LogP contribution >= 0.6 is 11.6 Å². The van der Waals surface area contributed by atoms with Crippen molar-refractivity contribution in [2.75, 3.05) is 5.01 Å². The molecule has 1 fully saturated rings. The lowest BCUT2D eigenvalue weighted by atomic mass is 10.1. The lowest BCUT2D eigenvalue weighted by Crippen LogP contribution is -2.44. The molecule has 2 N–H and O–H groups in total. The number of carbonyl (C=O) groups excluding carboxylic acids is 2. The Labute approximate surface area is 107 Å². The zero-order valence-corrected chi connectivity index (χ0v) is 9.87. The van der Waals surface area contributed by atoms with Gasteiger partial charge >= 0.3 is 5.97 Å². The molecule has 1 aliphatic rings. The number of carbonyl (C=O) groups is 2. The number of pyridine rings is 1. The summed E-state index contributed by atoms with van der Waals surface area (Å²) in [6, 6.07) is 1.81. The van der Waals surface area contributed by atoms with E-state index in [0.29, 0.717) is 17.1 Å². The molecule has 1 aliphatic heterocycles. The minimum atomic E-state index is -0.881. The van der Waals surface area contributed by atoms with Crippen molar-refractivity contribution < 1.29 is 19.7 Å². The van der Waals surface area contributed by atoms with Gasteiger partial charge in [-0.15, -0.1) is 0 Å². The van der Waals surface area contributed by atoms with Crippen molar-refractivity contribution in [3.05, 3.63) is 23.4 Å². The van der Waals surface area contributed by atoms with Gasteiger partial charge in [-0.1, -0.05) is 11.6 Å². The number of rotatable bonds is 3. The van der Waals surface area contributed by atoms with E-state index in [4.69, 9.17) is 16.9 Å². The van der Waals surface area contributed by atoms with Gasteiger partial charge in [-0.2, -0.15) is 5.26 Å². The fraction of sp³-hybridized carbons (Fsp3) is 0.300. The molecule has 1 aromatic heterocycles. The highest BCUT2D eigenvalue weighted by Gasteiger charge is 2.39. The number of hydrogen-bond acceptors (Lipinski definition) is 7. The first-order chi connectivity index (χ1) is 8.67. The van der Waals surface area contributed by atoms with E-state index in [1.54, 1.807) is 12.1 Å². The van der Waals surface area contributed by atoms with Gasteiger partial charge in [0.1, 0.15) is 12.3 Å². The second-order valence-corrected chi connectivity index (χ2v) is 4.12. The molecule has 2 unspecified atom stereocenters. The summed E-state index contributed by atoms with van der Waals surface area (Å²) in [6.07, 6.45) is 2.32. The zero-order valence-electron chi connectivity index (χ0n) is 9.12. The van der Waals surface area contributed by atoms with E-state index in [-0.39, 0.29) is 6.42 Å². The molecule has 18 heavy (non-hydrogen) atoms. The summed E-state index contributed by atoms with van der Waals surface area (Å²) in [5, 5.41) is 10.1. The summed E-state index contributed by atoms with van der Waals surface area (Å²) in [5.41, 5.74) is 2.77. The molecule has 0 saturated carbocycles. The first-order valence-electron chi connectivity index (χ1n) is 5.14. The molecular formula is C10H10ClN3O4. The van der Waals surface area contributed by atoms with Gasteiger partial charge in [0, 0.05) is 12.6 Å². The fourth-order valence-corrected chi connectivity index (χ4v) is 1.99. The number of anilines is 1. The van der Waals surface area contributed by atoms with Crippen LogP contribution in [0.25, 0.3) is 0 Å². The molecule has 2 heterocycles. The first kappa shape index (κ1) is 12.7. The third kappa shape index (κ3) is 2.28. The molecule has 2 atom stereocenters. The second-order valence-electron chi connectivity index (χ2n) is 3.71. The van der Waals surface area contributed by atoms with E-state index in [0.717, 1.165) is 0 Å². The number of hydrazine groups is 1. The highest BCUT2D eigenvalue weighted by molar-refractivity contribution is 6.33. The van der Waals surface area contributed by atoms with Gasteiger partial charge in [0.15, 0.2) is 5.82 Å². The van der Waals surface area contributed by atoms with E-state index in [1.165, 1.54) is 11.2 Å². The first-order valence-corrected chi connectivity index (χ1v) is 5.51. The largest absolute Gasteiger partial charge is 0.365 e. The number of nitrogens with zero attached hydrogens (tertiary/aromatic N) is 2. The van der Waals surface area contributed by atoms with Gasteiger partial charge in [0.2, 0.25) is 0 Å². The topological polar surface area (TPSA) is 91.8 Å². The van der Waals surface area contributed by atoms with Crippen LogP contribution in [-0.4, -0.2) is 34.6 Å². The van der Waals surface area contributed by atoms with Gasteiger partial charge in [0.25, 0.3) is 0 Å². The molecule has 0 aromatic carbocycles. The van der Waals surface area contributed by atoms with Crippen molar-refractivity contribution in [2.24, 2.45) is 0 Å². The summed E-state index contributed by atoms with van der Waals surface area (Å²) in [7, 11) is 0. The van der Waals surface area contributed by atoms with Crippen LogP contribution in [0.1, 0.15) is 6.42 Å². The van der Waals surface area contributed by atoms with E-state index < -0.39 is 18.1 Å². The van der Waals surface area contributed by atoms with Gasteiger partial charge in [-0.25, -0.2) is 15.2 Å². The molecule has 1 aromatic rings. The van der Waals surface area contributed by atoms with Crippen molar-refractivity contribution in [2.45, 2.75) is 18.5 Å². The maximum Gasteiger partial charge on any atom is 0.365 e. The maximum absolute atomic E-state index is 11.4. The summed E-state index contributed by atoms with van der Waals surface area (Å²) >= 11 is 5.96. The van der Waals surface area contributed by atoms with E-state index >= 15 is 0 Å². The van der Waals surface area contributed by atoms with Crippen LogP contribution in [0.5, 0.6) is 0 Å². The summed E-state index contributed by atoms with van der Waals surface area (Å²) in [5.74, 6) is -0.590. The molecule has 0 bridgehead atoms. The Hall–Kier alpha value is -1.70. The maximum atomic E-state index is 11.4. The Morgan fingerprint density at radius 3 is 3.11 bits per heavy atom. The van der Waals surface area contributed by atoms with Crippen molar-refractivity contribution >= 4 is 29.7 Å². The van der Waals surface area contributed by atoms with Crippen molar-refractivity contribution in [3.63, 3.8) is 0 Å². The standard InChI is InChI=1S/C10H10ClN3O4/c11-7-2-1-3-12-9(7)14-8(10(16)18-17)4-6(5-15)13-14/h1-3,5-6,8,13,17H,4H2. The molecule has 7 nitrogen and oxygen atoms in total. The zero-order chi connectivity index (χ0) is 13.1. The quantitative estimate of drug-likeness (QED) is 0.467. The van der Waals surface area contributed by atoms with E-state index in [1.807, 2.05) is 0 Å². The molecular weight excluding hydrogens is 262 g/mol. The Kier molecular flexibility index (Phi) is 3.75. The smallest absolute Gasteiger partial charge is 0.302 e. The molecule has 0 spiro atoms. The van der Waals surface area contributed by atoms with Gasteiger partial charge < -0.3 is 4.79 Å². The van der Waals surface area contributed by atoms with Crippen LogP contribution in [-0.2, 0) is 14.5 Å². The second kappa shape index (κ2) is 5.30. The number of hydrogen-bond donors (Lipinski definition) is 2. The average Bonchev–Trinajstić information content (AvgIpc) is 2.82. The summed E-state index contributed by atoms with van der Waals surface area (Å²) in [4.78, 5) is 29.9. The normalized spacial score (nSPS) is 22.9. The lowest BCUT2D eigenvalue weighted by Gasteiger charge is -2.23. The fourth-order valence-electron chi connectivity index (χ4n) is 1.78. The van der Waals surface area contributed by atoms with Crippen LogP contribution in [0.3, 0.4) is 0 Å². The number of halogens is 1. The monoisotopic (exact) mass is 271 g/mol. The Bertz CT molecular complexity index is 470. The van der Waals surface area contributed by atoms with E-state index in [9.17, 15) is 9.59 Å².